The van der Waals surface area contributed by atoms with E-state index in [1.807, 2.05) is 0 Å². The summed E-state index contributed by atoms with van der Waals surface area (Å²) < 4.78 is 5.25. The molecular formula is C15H32N2O. The van der Waals surface area contributed by atoms with Gasteiger partial charge in [0.2, 0.25) is 0 Å². The van der Waals surface area contributed by atoms with E-state index in [0.717, 1.165) is 26.2 Å². The van der Waals surface area contributed by atoms with Gasteiger partial charge >= 0.3 is 0 Å². The molecule has 0 radical (unpaired) electrons. The number of hydrogen-bond donors (Lipinski definition) is 1. The molecule has 0 aromatic carbocycles. The summed E-state index contributed by atoms with van der Waals surface area (Å²) in [4.78, 5) is 2.59. The van der Waals surface area contributed by atoms with E-state index >= 15 is 0 Å². The van der Waals surface area contributed by atoms with Crippen molar-refractivity contribution in [2.75, 3.05) is 33.4 Å². The van der Waals surface area contributed by atoms with E-state index in [1.54, 1.807) is 7.11 Å². The Bertz CT molecular complexity index is 231. The molecule has 3 nitrogen and oxygen atoms in total. The van der Waals surface area contributed by atoms with Crippen molar-refractivity contribution in [1.29, 1.82) is 0 Å². The minimum absolute atomic E-state index is 0.402. The number of ether oxygens (including phenoxy) is 1. The number of nitrogens with zero attached hydrogens (tertiary/aromatic N) is 1. The molecule has 0 amide bonds. The summed E-state index contributed by atoms with van der Waals surface area (Å²) in [5, 5.41) is 3.73. The molecule has 0 aromatic rings. The zero-order valence-corrected chi connectivity index (χ0v) is 13.0. The third kappa shape index (κ3) is 3.94. The lowest BCUT2D eigenvalue weighted by Crippen LogP contribution is -2.59. The molecule has 1 rings (SSSR count). The maximum Gasteiger partial charge on any atom is 0.0589 e. The van der Waals surface area contributed by atoms with Crippen molar-refractivity contribution in [3.8, 4) is 0 Å². The lowest BCUT2D eigenvalue weighted by atomic mass is 9.70. The Balaban J connectivity index is 2.74. The minimum Gasteiger partial charge on any atom is -0.383 e. The molecule has 1 aliphatic rings. The highest BCUT2D eigenvalue weighted by Gasteiger charge is 2.40. The van der Waals surface area contributed by atoms with Gasteiger partial charge in [-0.05, 0) is 31.3 Å². The number of hydrogen-bond acceptors (Lipinski definition) is 3. The largest absolute Gasteiger partial charge is 0.383 e. The lowest BCUT2D eigenvalue weighted by molar-refractivity contribution is 0.0368. The van der Waals surface area contributed by atoms with Crippen LogP contribution in [0.1, 0.15) is 47.0 Å². The summed E-state index contributed by atoms with van der Waals surface area (Å²) in [6.45, 7) is 13.4. The highest BCUT2D eigenvalue weighted by molar-refractivity contribution is 4.97. The van der Waals surface area contributed by atoms with Gasteiger partial charge in [0.1, 0.15) is 0 Å². The molecule has 2 atom stereocenters. The third-order valence-corrected chi connectivity index (χ3v) is 4.43. The van der Waals surface area contributed by atoms with Crippen LogP contribution in [0.4, 0.5) is 0 Å². The fraction of sp³-hybridized carbons (Fsp3) is 1.00. The number of likely N-dealkylation sites (N-methyl/N-ethyl adjacent to an activating group) is 2. The van der Waals surface area contributed by atoms with Gasteiger partial charge < -0.3 is 10.1 Å². The van der Waals surface area contributed by atoms with Crippen LogP contribution in [0, 0.1) is 5.41 Å². The SMILES string of the molecule is CCNC1C(N(CC)CCOC)CCCC1(C)C. The first-order chi connectivity index (χ1) is 8.56. The predicted octanol–water partition coefficient (Wildman–Crippen LogP) is 2.51. The minimum atomic E-state index is 0.402. The Morgan fingerprint density at radius 1 is 1.33 bits per heavy atom. The van der Waals surface area contributed by atoms with Crippen molar-refractivity contribution < 1.29 is 4.74 Å². The van der Waals surface area contributed by atoms with Crippen LogP contribution in [-0.2, 0) is 4.74 Å². The first-order valence-electron chi connectivity index (χ1n) is 7.53. The second-order valence-electron chi connectivity index (χ2n) is 6.10. The zero-order valence-electron chi connectivity index (χ0n) is 13.0. The Kier molecular flexibility index (Phi) is 6.61. The molecule has 0 spiro atoms. The van der Waals surface area contributed by atoms with Gasteiger partial charge in [0, 0.05) is 25.7 Å². The third-order valence-electron chi connectivity index (χ3n) is 4.43. The predicted molar refractivity (Wildman–Crippen MR) is 78.0 cm³/mol. The van der Waals surface area contributed by atoms with Crippen LogP contribution in [0.15, 0.2) is 0 Å². The van der Waals surface area contributed by atoms with Crippen LogP contribution < -0.4 is 5.32 Å². The van der Waals surface area contributed by atoms with Crippen molar-refractivity contribution in [2.24, 2.45) is 5.41 Å². The monoisotopic (exact) mass is 256 g/mol. The van der Waals surface area contributed by atoms with Gasteiger partial charge in [0.05, 0.1) is 6.61 Å². The normalized spacial score (nSPS) is 27.7. The molecule has 0 aromatic heterocycles. The maximum absolute atomic E-state index is 5.25. The highest BCUT2D eigenvalue weighted by atomic mass is 16.5. The standard InChI is InChI=1S/C15H32N2O/c1-6-16-14-13(9-8-10-15(14,3)4)17(7-2)11-12-18-5/h13-14,16H,6-12H2,1-5H3. The Labute approximate surface area is 113 Å². The van der Waals surface area contributed by atoms with Crippen LogP contribution in [0.5, 0.6) is 0 Å². The summed E-state index contributed by atoms with van der Waals surface area (Å²) >= 11 is 0. The van der Waals surface area contributed by atoms with Gasteiger partial charge in [-0.1, -0.05) is 34.1 Å². The fourth-order valence-electron chi connectivity index (χ4n) is 3.40. The van der Waals surface area contributed by atoms with Gasteiger partial charge in [0.25, 0.3) is 0 Å². The Morgan fingerprint density at radius 3 is 2.61 bits per heavy atom. The van der Waals surface area contributed by atoms with E-state index in [0.29, 0.717) is 17.5 Å². The Morgan fingerprint density at radius 2 is 2.06 bits per heavy atom. The van der Waals surface area contributed by atoms with Crippen LogP contribution in [-0.4, -0.2) is 50.3 Å². The maximum atomic E-state index is 5.25. The highest BCUT2D eigenvalue weighted by Crippen LogP contribution is 2.37. The molecule has 0 aliphatic heterocycles. The molecule has 1 fully saturated rings. The van der Waals surface area contributed by atoms with E-state index in [4.69, 9.17) is 4.74 Å². The molecule has 0 saturated heterocycles. The second-order valence-corrected chi connectivity index (χ2v) is 6.10. The lowest BCUT2D eigenvalue weighted by Gasteiger charge is -2.48. The Hall–Kier alpha value is -0.120. The molecule has 108 valence electrons. The molecule has 3 heteroatoms. The first-order valence-corrected chi connectivity index (χ1v) is 7.53. The van der Waals surface area contributed by atoms with Gasteiger partial charge in [-0.15, -0.1) is 0 Å². The molecule has 1 saturated carbocycles. The van der Waals surface area contributed by atoms with E-state index in [2.05, 4.69) is 37.9 Å². The van der Waals surface area contributed by atoms with Crippen molar-refractivity contribution in [3.05, 3.63) is 0 Å². The summed E-state index contributed by atoms with van der Waals surface area (Å²) in [7, 11) is 1.79. The molecular weight excluding hydrogens is 224 g/mol. The van der Waals surface area contributed by atoms with Crippen molar-refractivity contribution in [3.63, 3.8) is 0 Å². The van der Waals surface area contributed by atoms with Gasteiger partial charge in [-0.2, -0.15) is 0 Å². The van der Waals surface area contributed by atoms with E-state index < -0.39 is 0 Å². The summed E-state index contributed by atoms with van der Waals surface area (Å²) in [6.07, 6.45) is 4.00. The van der Waals surface area contributed by atoms with Gasteiger partial charge in [0.15, 0.2) is 0 Å². The first kappa shape index (κ1) is 15.9. The summed E-state index contributed by atoms with van der Waals surface area (Å²) in [5.74, 6) is 0. The molecule has 1 aliphatic carbocycles. The topological polar surface area (TPSA) is 24.5 Å². The van der Waals surface area contributed by atoms with Crippen molar-refractivity contribution in [1.82, 2.24) is 10.2 Å². The second kappa shape index (κ2) is 7.46. The molecule has 1 N–H and O–H groups in total. The molecule has 0 heterocycles. The molecule has 18 heavy (non-hydrogen) atoms. The average Bonchev–Trinajstić information content (AvgIpc) is 2.33. The van der Waals surface area contributed by atoms with Gasteiger partial charge in [-0.25, -0.2) is 0 Å². The average molecular weight is 256 g/mol. The van der Waals surface area contributed by atoms with Crippen LogP contribution in [0.2, 0.25) is 0 Å². The smallest absolute Gasteiger partial charge is 0.0589 e. The quantitative estimate of drug-likeness (QED) is 0.757. The van der Waals surface area contributed by atoms with Crippen LogP contribution >= 0.6 is 0 Å². The van der Waals surface area contributed by atoms with Crippen molar-refractivity contribution in [2.45, 2.75) is 59.0 Å². The van der Waals surface area contributed by atoms with E-state index in [1.165, 1.54) is 19.3 Å². The number of rotatable bonds is 7. The van der Waals surface area contributed by atoms with Crippen LogP contribution in [0.25, 0.3) is 0 Å². The summed E-state index contributed by atoms with van der Waals surface area (Å²) in [5.41, 5.74) is 0.402. The van der Waals surface area contributed by atoms with E-state index in [9.17, 15) is 0 Å². The van der Waals surface area contributed by atoms with Crippen molar-refractivity contribution >= 4 is 0 Å². The van der Waals surface area contributed by atoms with Crippen LogP contribution in [0.3, 0.4) is 0 Å². The number of methoxy groups -OCH3 is 1. The fourth-order valence-corrected chi connectivity index (χ4v) is 3.40. The summed E-state index contributed by atoms with van der Waals surface area (Å²) in [6, 6.07) is 1.27. The molecule has 0 bridgehead atoms. The van der Waals surface area contributed by atoms with E-state index in [-0.39, 0.29) is 0 Å². The zero-order chi connectivity index (χ0) is 13.6. The van der Waals surface area contributed by atoms with Gasteiger partial charge in [-0.3, -0.25) is 4.90 Å². The molecule has 2 unspecified atom stereocenters. The number of nitrogens with one attached hydrogen (secondary N) is 1.